The zero-order chi connectivity index (χ0) is 12.3. The fourth-order valence-electron chi connectivity index (χ4n) is 2.16. The van der Waals surface area contributed by atoms with E-state index < -0.39 is 0 Å². The number of hydrogen-bond donors (Lipinski definition) is 2. The second-order valence-electron chi connectivity index (χ2n) is 4.72. The molecular formula is C14H24N2. The molecule has 2 unspecified atom stereocenters. The van der Waals surface area contributed by atoms with Gasteiger partial charge in [-0.15, -0.1) is 0 Å². The van der Waals surface area contributed by atoms with Crippen molar-refractivity contribution >= 4 is 0 Å². The van der Waals surface area contributed by atoms with Crippen molar-refractivity contribution in [1.29, 1.82) is 0 Å². The Bertz CT molecular complexity index is 354. The molecule has 0 amide bonds. The SMILES string of the molecule is CCC(CN)C(N)c1cc(C)c(C)cc1C. The molecule has 1 aromatic rings. The van der Waals surface area contributed by atoms with Crippen molar-refractivity contribution in [2.24, 2.45) is 17.4 Å². The minimum absolute atomic E-state index is 0.0642. The van der Waals surface area contributed by atoms with Crippen LogP contribution in [0.25, 0.3) is 0 Å². The molecule has 0 aliphatic heterocycles. The summed E-state index contributed by atoms with van der Waals surface area (Å²) in [5.41, 5.74) is 17.2. The maximum Gasteiger partial charge on any atom is 0.0338 e. The molecule has 0 heterocycles. The lowest BCUT2D eigenvalue weighted by Gasteiger charge is -2.24. The van der Waals surface area contributed by atoms with Crippen molar-refractivity contribution in [3.05, 3.63) is 34.4 Å². The average molecular weight is 220 g/mol. The van der Waals surface area contributed by atoms with E-state index in [1.165, 1.54) is 22.3 Å². The Kier molecular flexibility index (Phi) is 4.51. The first-order valence-electron chi connectivity index (χ1n) is 6.04. The number of rotatable bonds is 4. The van der Waals surface area contributed by atoms with Gasteiger partial charge in [-0.1, -0.05) is 25.5 Å². The summed E-state index contributed by atoms with van der Waals surface area (Å²) in [4.78, 5) is 0. The smallest absolute Gasteiger partial charge is 0.0338 e. The molecule has 0 bridgehead atoms. The normalized spacial score (nSPS) is 14.9. The highest BCUT2D eigenvalue weighted by molar-refractivity contribution is 5.38. The molecule has 0 aliphatic carbocycles. The molecule has 1 rings (SSSR count). The van der Waals surface area contributed by atoms with Crippen LogP contribution in [0.4, 0.5) is 0 Å². The van der Waals surface area contributed by atoms with E-state index >= 15 is 0 Å². The van der Waals surface area contributed by atoms with Gasteiger partial charge in [-0.2, -0.15) is 0 Å². The molecule has 0 saturated heterocycles. The van der Waals surface area contributed by atoms with Gasteiger partial charge in [0, 0.05) is 6.04 Å². The predicted molar refractivity (Wildman–Crippen MR) is 70.4 cm³/mol. The molecule has 2 nitrogen and oxygen atoms in total. The van der Waals surface area contributed by atoms with Crippen LogP contribution in [-0.4, -0.2) is 6.54 Å². The fourth-order valence-corrected chi connectivity index (χ4v) is 2.16. The highest BCUT2D eigenvalue weighted by atomic mass is 14.7. The summed E-state index contributed by atoms with van der Waals surface area (Å²) >= 11 is 0. The quantitative estimate of drug-likeness (QED) is 0.819. The summed E-state index contributed by atoms with van der Waals surface area (Å²) in [5.74, 6) is 0.376. The monoisotopic (exact) mass is 220 g/mol. The molecule has 1 aromatic carbocycles. The number of hydrogen-bond acceptors (Lipinski definition) is 2. The van der Waals surface area contributed by atoms with E-state index in [0.717, 1.165) is 6.42 Å². The van der Waals surface area contributed by atoms with Crippen LogP contribution in [0, 0.1) is 26.7 Å². The molecule has 0 radical (unpaired) electrons. The molecule has 0 aromatic heterocycles. The third kappa shape index (κ3) is 2.63. The molecule has 4 N–H and O–H groups in total. The van der Waals surface area contributed by atoms with Gasteiger partial charge in [0.2, 0.25) is 0 Å². The summed E-state index contributed by atoms with van der Waals surface area (Å²) in [6.07, 6.45) is 1.03. The predicted octanol–water partition coefficient (Wildman–Crippen LogP) is 2.60. The van der Waals surface area contributed by atoms with E-state index in [1.54, 1.807) is 0 Å². The third-order valence-corrected chi connectivity index (χ3v) is 3.58. The first-order valence-corrected chi connectivity index (χ1v) is 6.04. The van der Waals surface area contributed by atoms with Crippen molar-refractivity contribution in [1.82, 2.24) is 0 Å². The van der Waals surface area contributed by atoms with E-state index in [2.05, 4.69) is 39.8 Å². The van der Waals surface area contributed by atoms with Gasteiger partial charge in [0.1, 0.15) is 0 Å². The lowest BCUT2D eigenvalue weighted by Crippen LogP contribution is -2.28. The summed E-state index contributed by atoms with van der Waals surface area (Å²) in [7, 11) is 0. The topological polar surface area (TPSA) is 52.0 Å². The molecule has 0 fully saturated rings. The lowest BCUT2D eigenvalue weighted by molar-refractivity contribution is 0.426. The largest absolute Gasteiger partial charge is 0.330 e. The second kappa shape index (κ2) is 5.46. The molecule has 0 aliphatic rings. The molecule has 90 valence electrons. The Labute approximate surface area is 99.0 Å². The summed E-state index contributed by atoms with van der Waals surface area (Å²) in [6, 6.07) is 4.50. The Hall–Kier alpha value is -0.860. The van der Waals surface area contributed by atoms with Crippen molar-refractivity contribution in [2.75, 3.05) is 6.54 Å². The Morgan fingerprint density at radius 1 is 1.06 bits per heavy atom. The molecule has 2 atom stereocenters. The standard InChI is InChI=1S/C14H24N2/c1-5-12(8-15)14(16)13-7-10(3)9(2)6-11(13)4/h6-7,12,14H,5,8,15-16H2,1-4H3. The maximum atomic E-state index is 6.30. The van der Waals surface area contributed by atoms with Gasteiger partial charge < -0.3 is 11.5 Å². The van der Waals surface area contributed by atoms with Gasteiger partial charge in [0.05, 0.1) is 0 Å². The van der Waals surface area contributed by atoms with Crippen LogP contribution >= 0.6 is 0 Å². The first-order chi connectivity index (χ1) is 7.51. The van der Waals surface area contributed by atoms with Crippen molar-refractivity contribution < 1.29 is 0 Å². The minimum atomic E-state index is 0.0642. The Morgan fingerprint density at radius 3 is 2.12 bits per heavy atom. The van der Waals surface area contributed by atoms with Crippen LogP contribution < -0.4 is 11.5 Å². The molecule has 16 heavy (non-hydrogen) atoms. The Morgan fingerprint density at radius 2 is 1.62 bits per heavy atom. The number of aryl methyl sites for hydroxylation is 3. The van der Waals surface area contributed by atoms with Gasteiger partial charge in [-0.05, 0) is 55.5 Å². The summed E-state index contributed by atoms with van der Waals surface area (Å²) in [5, 5.41) is 0. The first kappa shape index (κ1) is 13.2. The zero-order valence-corrected chi connectivity index (χ0v) is 10.9. The van der Waals surface area contributed by atoms with Crippen LogP contribution in [0.5, 0.6) is 0 Å². The highest BCUT2D eigenvalue weighted by Gasteiger charge is 2.18. The van der Waals surface area contributed by atoms with Crippen molar-refractivity contribution in [3.63, 3.8) is 0 Å². The van der Waals surface area contributed by atoms with Gasteiger partial charge in [0.25, 0.3) is 0 Å². The highest BCUT2D eigenvalue weighted by Crippen LogP contribution is 2.26. The minimum Gasteiger partial charge on any atom is -0.330 e. The van der Waals surface area contributed by atoms with Crippen molar-refractivity contribution in [2.45, 2.75) is 40.2 Å². The lowest BCUT2D eigenvalue weighted by atomic mass is 9.87. The van der Waals surface area contributed by atoms with E-state index in [-0.39, 0.29) is 6.04 Å². The van der Waals surface area contributed by atoms with Gasteiger partial charge in [-0.25, -0.2) is 0 Å². The third-order valence-electron chi connectivity index (χ3n) is 3.58. The molecule has 2 heteroatoms. The van der Waals surface area contributed by atoms with Crippen LogP contribution in [0.1, 0.15) is 41.6 Å². The van der Waals surface area contributed by atoms with Crippen LogP contribution in [0.2, 0.25) is 0 Å². The number of benzene rings is 1. The van der Waals surface area contributed by atoms with Gasteiger partial charge in [0.15, 0.2) is 0 Å². The van der Waals surface area contributed by atoms with Crippen LogP contribution in [0.15, 0.2) is 12.1 Å². The number of nitrogens with two attached hydrogens (primary N) is 2. The second-order valence-corrected chi connectivity index (χ2v) is 4.72. The van der Waals surface area contributed by atoms with Gasteiger partial charge >= 0.3 is 0 Å². The van der Waals surface area contributed by atoms with Crippen LogP contribution in [-0.2, 0) is 0 Å². The fraction of sp³-hybridized carbons (Fsp3) is 0.571. The van der Waals surface area contributed by atoms with E-state index in [9.17, 15) is 0 Å². The summed E-state index contributed by atoms with van der Waals surface area (Å²) < 4.78 is 0. The molecule has 0 spiro atoms. The Balaban J connectivity index is 3.07. The summed E-state index contributed by atoms with van der Waals surface area (Å²) in [6.45, 7) is 9.20. The molecule has 0 saturated carbocycles. The van der Waals surface area contributed by atoms with Crippen molar-refractivity contribution in [3.8, 4) is 0 Å². The van der Waals surface area contributed by atoms with Crippen LogP contribution in [0.3, 0.4) is 0 Å². The zero-order valence-electron chi connectivity index (χ0n) is 10.9. The average Bonchev–Trinajstić information content (AvgIpc) is 2.25. The van der Waals surface area contributed by atoms with Gasteiger partial charge in [-0.3, -0.25) is 0 Å². The maximum absolute atomic E-state index is 6.30. The van der Waals surface area contributed by atoms with E-state index in [1.807, 2.05) is 0 Å². The molecular weight excluding hydrogens is 196 g/mol. The van der Waals surface area contributed by atoms with E-state index in [4.69, 9.17) is 11.5 Å². The van der Waals surface area contributed by atoms with E-state index in [0.29, 0.717) is 12.5 Å².